The lowest BCUT2D eigenvalue weighted by Crippen LogP contribution is -2.09. The number of benzene rings is 1. The van der Waals surface area contributed by atoms with Gasteiger partial charge in [0, 0.05) is 6.26 Å². The van der Waals surface area contributed by atoms with Gasteiger partial charge < -0.3 is 10.2 Å². The van der Waals surface area contributed by atoms with Crippen LogP contribution < -0.4 is 0 Å². The summed E-state index contributed by atoms with van der Waals surface area (Å²) in [7, 11) is -3.69. The van der Waals surface area contributed by atoms with Crippen LogP contribution in [0.1, 0.15) is 20.7 Å². The van der Waals surface area contributed by atoms with Crippen molar-refractivity contribution in [3.05, 3.63) is 29.3 Å². The van der Waals surface area contributed by atoms with Crippen molar-refractivity contribution in [2.75, 3.05) is 6.26 Å². The second-order valence-electron chi connectivity index (χ2n) is 3.09. The summed E-state index contributed by atoms with van der Waals surface area (Å²) in [6.45, 7) is 0. The molecule has 0 aliphatic rings. The molecule has 2 N–H and O–H groups in total. The lowest BCUT2D eigenvalue weighted by Gasteiger charge is -2.04. The fourth-order valence-corrected chi connectivity index (χ4v) is 2.01. The Hall–Kier alpha value is -1.89. The van der Waals surface area contributed by atoms with Crippen LogP contribution in [0.3, 0.4) is 0 Å². The van der Waals surface area contributed by atoms with Crippen molar-refractivity contribution >= 4 is 21.8 Å². The molecule has 0 heterocycles. The zero-order valence-electron chi connectivity index (χ0n) is 8.17. The number of hydrogen-bond donors (Lipinski definition) is 2. The smallest absolute Gasteiger partial charge is 0.337 e. The first-order valence-corrected chi connectivity index (χ1v) is 5.93. The molecular formula is C9H8O6S. The standard InChI is InChI=1S/C9H8O6S/c1-16(14,15)7-3-2-5(8(10)11)4-6(7)9(12)13/h2-4H,1H3,(H,10,11)(H,12,13). The average molecular weight is 244 g/mol. The molecule has 6 nitrogen and oxygen atoms in total. The van der Waals surface area contributed by atoms with Crippen molar-refractivity contribution in [2.45, 2.75) is 4.90 Å². The molecule has 0 atom stereocenters. The van der Waals surface area contributed by atoms with E-state index in [0.29, 0.717) is 0 Å². The van der Waals surface area contributed by atoms with Gasteiger partial charge in [-0.1, -0.05) is 0 Å². The molecule has 16 heavy (non-hydrogen) atoms. The molecule has 0 aliphatic carbocycles. The number of carboxylic acids is 2. The van der Waals surface area contributed by atoms with Gasteiger partial charge in [0.15, 0.2) is 9.84 Å². The molecule has 0 bridgehead atoms. The predicted octanol–water partition coefficient (Wildman–Crippen LogP) is 0.487. The van der Waals surface area contributed by atoms with Crippen LogP contribution in [0, 0.1) is 0 Å². The minimum Gasteiger partial charge on any atom is -0.478 e. The molecule has 0 spiro atoms. The number of hydrogen-bond acceptors (Lipinski definition) is 4. The second-order valence-corrected chi connectivity index (χ2v) is 5.08. The Bertz CT molecular complexity index is 557. The van der Waals surface area contributed by atoms with Gasteiger partial charge >= 0.3 is 11.9 Å². The average Bonchev–Trinajstić information content (AvgIpc) is 2.15. The highest BCUT2D eigenvalue weighted by Gasteiger charge is 2.20. The van der Waals surface area contributed by atoms with Crippen molar-refractivity contribution in [1.82, 2.24) is 0 Å². The van der Waals surface area contributed by atoms with Crippen LogP contribution in [0.25, 0.3) is 0 Å². The van der Waals surface area contributed by atoms with Gasteiger partial charge in [0.25, 0.3) is 0 Å². The Kier molecular flexibility index (Phi) is 2.99. The third kappa shape index (κ3) is 2.37. The Balaban J connectivity index is 3.55. The highest BCUT2D eigenvalue weighted by molar-refractivity contribution is 7.90. The predicted molar refractivity (Wildman–Crippen MR) is 53.5 cm³/mol. The van der Waals surface area contributed by atoms with E-state index in [9.17, 15) is 18.0 Å². The number of carbonyl (C=O) groups is 2. The number of carboxylic acid groups (broad SMARTS) is 2. The summed E-state index contributed by atoms with van der Waals surface area (Å²) in [5.74, 6) is -2.80. The van der Waals surface area contributed by atoms with Crippen LogP contribution >= 0.6 is 0 Å². The van der Waals surface area contributed by atoms with Gasteiger partial charge in [0.2, 0.25) is 0 Å². The van der Waals surface area contributed by atoms with Crippen molar-refractivity contribution in [1.29, 1.82) is 0 Å². The first-order valence-electron chi connectivity index (χ1n) is 4.04. The summed E-state index contributed by atoms with van der Waals surface area (Å²) in [6.07, 6.45) is 0.856. The fraction of sp³-hybridized carbons (Fsp3) is 0.111. The summed E-state index contributed by atoms with van der Waals surface area (Å²) >= 11 is 0. The van der Waals surface area contributed by atoms with E-state index in [1.807, 2.05) is 0 Å². The Morgan fingerprint density at radius 3 is 2.06 bits per heavy atom. The summed E-state index contributed by atoms with van der Waals surface area (Å²) in [6, 6.07) is 2.84. The summed E-state index contributed by atoms with van der Waals surface area (Å²) in [5.41, 5.74) is -0.813. The highest BCUT2D eigenvalue weighted by atomic mass is 32.2. The van der Waals surface area contributed by atoms with Gasteiger partial charge in [-0.2, -0.15) is 0 Å². The maximum atomic E-state index is 11.2. The summed E-state index contributed by atoms with van der Waals surface area (Å²) < 4.78 is 22.5. The van der Waals surface area contributed by atoms with E-state index in [2.05, 4.69) is 0 Å². The third-order valence-corrected chi connectivity index (χ3v) is 3.01. The lowest BCUT2D eigenvalue weighted by molar-refractivity contribution is 0.0692. The maximum Gasteiger partial charge on any atom is 0.337 e. The maximum absolute atomic E-state index is 11.2. The minimum absolute atomic E-state index is 0.273. The lowest BCUT2D eigenvalue weighted by atomic mass is 10.1. The normalized spacial score (nSPS) is 11.1. The van der Waals surface area contributed by atoms with Crippen LogP contribution in [-0.2, 0) is 9.84 Å². The van der Waals surface area contributed by atoms with Crippen molar-refractivity contribution in [3.63, 3.8) is 0 Å². The van der Waals surface area contributed by atoms with Crippen LogP contribution in [0.2, 0.25) is 0 Å². The zero-order valence-corrected chi connectivity index (χ0v) is 8.98. The molecule has 0 aliphatic heterocycles. The van der Waals surface area contributed by atoms with E-state index in [0.717, 1.165) is 24.5 Å². The molecule has 86 valence electrons. The van der Waals surface area contributed by atoms with Crippen molar-refractivity contribution < 1.29 is 28.2 Å². The van der Waals surface area contributed by atoms with Crippen LogP contribution in [0.5, 0.6) is 0 Å². The summed E-state index contributed by atoms with van der Waals surface area (Å²) in [4.78, 5) is 21.0. The van der Waals surface area contributed by atoms with Crippen LogP contribution in [-0.4, -0.2) is 36.8 Å². The third-order valence-electron chi connectivity index (χ3n) is 1.86. The number of rotatable bonds is 3. The Morgan fingerprint density at radius 2 is 1.69 bits per heavy atom. The van der Waals surface area contributed by atoms with E-state index >= 15 is 0 Å². The molecule has 0 saturated carbocycles. The number of sulfone groups is 1. The quantitative estimate of drug-likeness (QED) is 0.800. The molecule has 0 radical (unpaired) electrons. The van der Waals surface area contributed by atoms with Crippen LogP contribution in [0.15, 0.2) is 23.1 Å². The molecule has 0 unspecified atom stereocenters. The van der Waals surface area contributed by atoms with Gasteiger partial charge in [0.05, 0.1) is 16.0 Å². The Labute approximate surface area is 91.1 Å². The van der Waals surface area contributed by atoms with Gasteiger partial charge in [0.1, 0.15) is 0 Å². The molecule has 1 aromatic carbocycles. The van der Waals surface area contributed by atoms with Gasteiger partial charge in [-0.05, 0) is 18.2 Å². The zero-order chi connectivity index (χ0) is 12.5. The second kappa shape index (κ2) is 3.93. The van der Waals surface area contributed by atoms with E-state index in [1.165, 1.54) is 0 Å². The van der Waals surface area contributed by atoms with E-state index in [1.54, 1.807) is 0 Å². The SMILES string of the molecule is CS(=O)(=O)c1ccc(C(=O)O)cc1C(=O)O. The van der Waals surface area contributed by atoms with Crippen LogP contribution in [0.4, 0.5) is 0 Å². The van der Waals surface area contributed by atoms with E-state index < -0.39 is 32.2 Å². The molecule has 0 saturated heterocycles. The molecule has 1 aromatic rings. The Morgan fingerprint density at radius 1 is 1.12 bits per heavy atom. The fourth-order valence-electron chi connectivity index (χ4n) is 1.15. The highest BCUT2D eigenvalue weighted by Crippen LogP contribution is 2.17. The largest absolute Gasteiger partial charge is 0.478 e. The number of aromatic carboxylic acids is 2. The monoisotopic (exact) mass is 244 g/mol. The van der Waals surface area contributed by atoms with E-state index in [4.69, 9.17) is 10.2 Å². The molecule has 0 fully saturated rings. The van der Waals surface area contributed by atoms with Gasteiger partial charge in [-0.15, -0.1) is 0 Å². The van der Waals surface area contributed by atoms with E-state index in [-0.39, 0.29) is 5.56 Å². The first-order chi connectivity index (χ1) is 7.23. The molecule has 1 rings (SSSR count). The first kappa shape index (κ1) is 12.2. The molecule has 0 amide bonds. The molecule has 7 heteroatoms. The van der Waals surface area contributed by atoms with Gasteiger partial charge in [-0.25, -0.2) is 18.0 Å². The molecular weight excluding hydrogens is 236 g/mol. The van der Waals surface area contributed by atoms with Gasteiger partial charge in [-0.3, -0.25) is 0 Å². The van der Waals surface area contributed by atoms with Crippen molar-refractivity contribution in [2.24, 2.45) is 0 Å². The van der Waals surface area contributed by atoms with Crippen molar-refractivity contribution in [3.8, 4) is 0 Å². The topological polar surface area (TPSA) is 109 Å². The minimum atomic E-state index is -3.69. The molecule has 0 aromatic heterocycles. The summed E-state index contributed by atoms with van der Waals surface area (Å²) in [5, 5.41) is 17.4.